The largest absolute Gasteiger partial charge is 0.497 e. The van der Waals surface area contributed by atoms with E-state index in [2.05, 4.69) is 17.4 Å². The molecular weight excluding hydrogens is 254 g/mol. The van der Waals surface area contributed by atoms with Gasteiger partial charge in [0.05, 0.1) is 13.2 Å². The van der Waals surface area contributed by atoms with Gasteiger partial charge < -0.3 is 19.5 Å². The van der Waals surface area contributed by atoms with Gasteiger partial charge in [-0.3, -0.25) is 0 Å². The minimum Gasteiger partial charge on any atom is -0.497 e. The van der Waals surface area contributed by atoms with Crippen molar-refractivity contribution in [2.75, 3.05) is 27.4 Å². The predicted octanol–water partition coefficient (Wildman–Crippen LogP) is 2.61. The third-order valence-corrected chi connectivity index (χ3v) is 3.26. The van der Waals surface area contributed by atoms with Crippen molar-refractivity contribution in [2.24, 2.45) is 0 Å². The Balaban J connectivity index is 2.53. The van der Waals surface area contributed by atoms with E-state index in [0.717, 1.165) is 18.6 Å². The molecule has 1 aromatic carbocycles. The Bertz CT molecular complexity index is 347. The van der Waals surface area contributed by atoms with Gasteiger partial charge in [-0.15, -0.1) is 0 Å². The fourth-order valence-corrected chi connectivity index (χ4v) is 2.14. The van der Waals surface area contributed by atoms with Crippen LogP contribution >= 0.6 is 0 Å². The van der Waals surface area contributed by atoms with Crippen molar-refractivity contribution in [1.82, 2.24) is 5.32 Å². The molecule has 114 valence electrons. The van der Waals surface area contributed by atoms with E-state index in [0.29, 0.717) is 13.2 Å². The van der Waals surface area contributed by atoms with Crippen molar-refractivity contribution >= 4 is 0 Å². The van der Waals surface area contributed by atoms with E-state index in [1.165, 1.54) is 5.56 Å². The third kappa shape index (κ3) is 5.49. The maximum Gasteiger partial charge on any atom is 0.172 e. The molecule has 0 aliphatic carbocycles. The highest BCUT2D eigenvalue weighted by Crippen LogP contribution is 2.15. The number of nitrogens with one attached hydrogen (secondary N) is 1. The molecule has 0 bridgehead atoms. The van der Waals surface area contributed by atoms with Crippen LogP contribution in [0.3, 0.4) is 0 Å². The summed E-state index contributed by atoms with van der Waals surface area (Å²) in [5, 5.41) is 3.29. The summed E-state index contributed by atoms with van der Waals surface area (Å²) in [7, 11) is 3.63. The number of aryl methyl sites for hydroxylation is 1. The second-order valence-electron chi connectivity index (χ2n) is 4.56. The van der Waals surface area contributed by atoms with Gasteiger partial charge in [-0.05, 0) is 51.4 Å². The average Bonchev–Trinajstić information content (AvgIpc) is 2.49. The van der Waals surface area contributed by atoms with Gasteiger partial charge in [0.15, 0.2) is 6.29 Å². The van der Waals surface area contributed by atoms with E-state index in [1.807, 2.05) is 33.0 Å². The number of benzene rings is 1. The van der Waals surface area contributed by atoms with Crippen molar-refractivity contribution in [2.45, 2.75) is 39.0 Å². The van der Waals surface area contributed by atoms with Crippen molar-refractivity contribution in [3.8, 4) is 5.75 Å². The highest BCUT2D eigenvalue weighted by atomic mass is 16.7. The number of ether oxygens (including phenoxy) is 3. The summed E-state index contributed by atoms with van der Waals surface area (Å²) >= 11 is 0. The van der Waals surface area contributed by atoms with Crippen LogP contribution < -0.4 is 10.1 Å². The van der Waals surface area contributed by atoms with Crippen molar-refractivity contribution < 1.29 is 14.2 Å². The zero-order valence-corrected chi connectivity index (χ0v) is 13.0. The van der Waals surface area contributed by atoms with Crippen molar-refractivity contribution in [3.63, 3.8) is 0 Å². The van der Waals surface area contributed by atoms with Gasteiger partial charge in [0.2, 0.25) is 0 Å². The fraction of sp³-hybridized carbons (Fsp3) is 0.625. The third-order valence-electron chi connectivity index (χ3n) is 3.26. The van der Waals surface area contributed by atoms with Crippen LogP contribution in [0.4, 0.5) is 0 Å². The van der Waals surface area contributed by atoms with E-state index in [-0.39, 0.29) is 12.3 Å². The molecule has 0 fully saturated rings. The van der Waals surface area contributed by atoms with Crippen LogP contribution in [0.25, 0.3) is 0 Å². The quantitative estimate of drug-likeness (QED) is 0.669. The van der Waals surface area contributed by atoms with E-state index < -0.39 is 0 Å². The molecule has 0 saturated carbocycles. The first-order chi connectivity index (χ1) is 9.74. The van der Waals surface area contributed by atoms with Crippen LogP contribution in [0.2, 0.25) is 0 Å². The molecule has 4 nitrogen and oxygen atoms in total. The number of likely N-dealkylation sites (N-methyl/N-ethyl adjacent to an activating group) is 1. The van der Waals surface area contributed by atoms with Crippen molar-refractivity contribution in [3.05, 3.63) is 29.8 Å². The van der Waals surface area contributed by atoms with Crippen LogP contribution in [0.5, 0.6) is 5.75 Å². The monoisotopic (exact) mass is 281 g/mol. The van der Waals surface area contributed by atoms with Gasteiger partial charge in [-0.2, -0.15) is 0 Å². The summed E-state index contributed by atoms with van der Waals surface area (Å²) in [6.45, 7) is 5.29. The molecule has 0 amide bonds. The molecule has 0 radical (unpaired) electrons. The standard InChI is InChI=1S/C16H27NO3/c1-5-19-16(20-6-2)15(17-3)12-9-13-7-10-14(18-4)11-8-13/h7-8,10-11,15-17H,5-6,9,12H2,1-4H3. The van der Waals surface area contributed by atoms with Gasteiger partial charge in [0, 0.05) is 13.2 Å². The maximum absolute atomic E-state index is 5.66. The molecule has 4 heteroatoms. The molecule has 0 aliphatic heterocycles. The Morgan fingerprint density at radius 2 is 1.65 bits per heavy atom. The van der Waals surface area contributed by atoms with Crippen LogP contribution in [-0.2, 0) is 15.9 Å². The maximum atomic E-state index is 5.66. The Labute approximate surface area is 122 Å². The van der Waals surface area contributed by atoms with Crippen LogP contribution in [0, 0.1) is 0 Å². The van der Waals surface area contributed by atoms with Crippen LogP contribution in [-0.4, -0.2) is 39.7 Å². The second-order valence-corrected chi connectivity index (χ2v) is 4.56. The van der Waals surface area contributed by atoms with E-state index in [4.69, 9.17) is 14.2 Å². The molecule has 1 aromatic rings. The predicted molar refractivity (Wildman–Crippen MR) is 81.2 cm³/mol. The minimum atomic E-state index is -0.187. The lowest BCUT2D eigenvalue weighted by molar-refractivity contribution is -0.153. The molecule has 1 unspecified atom stereocenters. The van der Waals surface area contributed by atoms with Gasteiger partial charge in [0.25, 0.3) is 0 Å². The number of rotatable bonds is 10. The Kier molecular flexibility index (Phi) is 8.26. The fourth-order valence-electron chi connectivity index (χ4n) is 2.14. The van der Waals surface area contributed by atoms with E-state index in [1.54, 1.807) is 7.11 Å². The van der Waals surface area contributed by atoms with Crippen LogP contribution in [0.15, 0.2) is 24.3 Å². The zero-order chi connectivity index (χ0) is 14.8. The first-order valence-electron chi connectivity index (χ1n) is 7.28. The molecule has 20 heavy (non-hydrogen) atoms. The van der Waals surface area contributed by atoms with Gasteiger partial charge in [-0.1, -0.05) is 12.1 Å². The summed E-state index contributed by atoms with van der Waals surface area (Å²) < 4.78 is 16.5. The van der Waals surface area contributed by atoms with E-state index >= 15 is 0 Å². The zero-order valence-electron chi connectivity index (χ0n) is 13.0. The van der Waals surface area contributed by atoms with Crippen LogP contribution in [0.1, 0.15) is 25.8 Å². The first-order valence-corrected chi connectivity index (χ1v) is 7.28. The molecular formula is C16H27NO3. The summed E-state index contributed by atoms with van der Waals surface area (Å²) in [6, 6.07) is 8.37. The Morgan fingerprint density at radius 3 is 2.10 bits per heavy atom. The van der Waals surface area contributed by atoms with Gasteiger partial charge >= 0.3 is 0 Å². The Morgan fingerprint density at radius 1 is 1.05 bits per heavy atom. The number of methoxy groups -OCH3 is 1. The summed E-state index contributed by atoms with van der Waals surface area (Å²) in [4.78, 5) is 0. The number of hydrogen-bond acceptors (Lipinski definition) is 4. The smallest absolute Gasteiger partial charge is 0.172 e. The lowest BCUT2D eigenvalue weighted by Crippen LogP contribution is -2.41. The lowest BCUT2D eigenvalue weighted by atomic mass is 10.0. The topological polar surface area (TPSA) is 39.7 Å². The summed E-state index contributed by atoms with van der Waals surface area (Å²) in [6.07, 6.45) is 1.76. The molecule has 1 rings (SSSR count). The molecule has 0 saturated heterocycles. The number of hydrogen-bond donors (Lipinski definition) is 1. The molecule has 0 aliphatic rings. The molecule has 0 heterocycles. The lowest BCUT2D eigenvalue weighted by Gasteiger charge is -2.26. The molecule has 1 atom stereocenters. The minimum absolute atomic E-state index is 0.187. The van der Waals surface area contributed by atoms with Gasteiger partial charge in [0.1, 0.15) is 5.75 Å². The Hall–Kier alpha value is -1.10. The summed E-state index contributed by atoms with van der Waals surface area (Å²) in [5.74, 6) is 0.889. The second kappa shape index (κ2) is 9.75. The molecule has 0 spiro atoms. The van der Waals surface area contributed by atoms with Crippen molar-refractivity contribution in [1.29, 1.82) is 0 Å². The van der Waals surface area contributed by atoms with Gasteiger partial charge in [-0.25, -0.2) is 0 Å². The first kappa shape index (κ1) is 17.0. The van der Waals surface area contributed by atoms with E-state index in [9.17, 15) is 0 Å². The highest BCUT2D eigenvalue weighted by Gasteiger charge is 2.20. The SMILES string of the molecule is CCOC(OCC)C(CCc1ccc(OC)cc1)NC. The summed E-state index contributed by atoms with van der Waals surface area (Å²) in [5.41, 5.74) is 1.29. The normalized spacial score (nSPS) is 12.7. The molecule has 1 N–H and O–H groups in total. The molecule has 0 aromatic heterocycles. The highest BCUT2D eigenvalue weighted by molar-refractivity contribution is 5.27. The average molecular weight is 281 g/mol.